The lowest BCUT2D eigenvalue weighted by Crippen LogP contribution is -2.43. The van der Waals surface area contributed by atoms with Crippen LogP contribution >= 0.6 is 0 Å². The smallest absolute Gasteiger partial charge is 0.227 e. The van der Waals surface area contributed by atoms with E-state index < -0.39 is 0 Å². The fourth-order valence-electron chi connectivity index (χ4n) is 3.09. The van der Waals surface area contributed by atoms with Crippen molar-refractivity contribution in [3.63, 3.8) is 0 Å². The molecule has 25 heavy (non-hydrogen) atoms. The van der Waals surface area contributed by atoms with Crippen molar-refractivity contribution in [2.45, 2.75) is 26.4 Å². The lowest BCUT2D eigenvalue weighted by molar-refractivity contribution is -0.138. The van der Waals surface area contributed by atoms with Gasteiger partial charge in [0, 0.05) is 17.8 Å². The quantitative estimate of drug-likeness (QED) is 0.853. The number of hydrogen-bond acceptors (Lipinski definition) is 5. The molecule has 1 aromatic carbocycles. The van der Waals surface area contributed by atoms with Gasteiger partial charge in [0.25, 0.3) is 0 Å². The van der Waals surface area contributed by atoms with E-state index in [-0.39, 0.29) is 12.0 Å². The zero-order chi connectivity index (χ0) is 17.8. The van der Waals surface area contributed by atoms with E-state index in [1.165, 1.54) is 0 Å². The second-order valence-corrected chi connectivity index (χ2v) is 6.17. The molecule has 2 aromatic rings. The number of methoxy groups -OCH3 is 1. The molecule has 0 radical (unpaired) electrons. The second-order valence-electron chi connectivity index (χ2n) is 6.17. The van der Waals surface area contributed by atoms with Gasteiger partial charge in [0.15, 0.2) is 0 Å². The number of carbonyl (C=O) groups is 1. The van der Waals surface area contributed by atoms with Crippen LogP contribution in [0.4, 0.5) is 0 Å². The van der Waals surface area contributed by atoms with E-state index in [9.17, 15) is 4.79 Å². The number of ether oxygens (including phenoxy) is 2. The van der Waals surface area contributed by atoms with Crippen LogP contribution in [-0.2, 0) is 16.0 Å². The monoisotopic (exact) mass is 341 g/mol. The molecule has 0 saturated carbocycles. The third kappa shape index (κ3) is 4.14. The van der Waals surface area contributed by atoms with Crippen LogP contribution in [0.2, 0.25) is 0 Å². The molecular formula is C19H23N3O3. The summed E-state index contributed by atoms with van der Waals surface area (Å²) in [6.45, 7) is 5.40. The van der Waals surface area contributed by atoms with Gasteiger partial charge in [-0.2, -0.15) is 0 Å². The number of para-hydroxylation sites is 1. The van der Waals surface area contributed by atoms with Crippen molar-refractivity contribution < 1.29 is 14.3 Å². The van der Waals surface area contributed by atoms with Crippen molar-refractivity contribution >= 4 is 5.91 Å². The zero-order valence-corrected chi connectivity index (χ0v) is 14.9. The minimum atomic E-state index is -0.212. The molecule has 1 atom stereocenters. The third-order valence-corrected chi connectivity index (χ3v) is 4.27. The Morgan fingerprint density at radius 3 is 2.88 bits per heavy atom. The fraction of sp³-hybridized carbons (Fsp3) is 0.421. The molecular weight excluding hydrogens is 318 g/mol. The molecule has 1 unspecified atom stereocenters. The Bertz CT molecular complexity index is 743. The van der Waals surface area contributed by atoms with Gasteiger partial charge in [-0.25, -0.2) is 9.97 Å². The fourth-order valence-corrected chi connectivity index (χ4v) is 3.09. The van der Waals surface area contributed by atoms with Gasteiger partial charge in [-0.1, -0.05) is 18.2 Å². The molecule has 1 aliphatic heterocycles. The first-order chi connectivity index (χ1) is 12.1. The van der Waals surface area contributed by atoms with Crippen LogP contribution in [0.1, 0.15) is 28.9 Å². The van der Waals surface area contributed by atoms with Gasteiger partial charge < -0.3 is 14.4 Å². The van der Waals surface area contributed by atoms with E-state index in [0.29, 0.717) is 26.1 Å². The maximum absolute atomic E-state index is 12.7. The normalized spacial score (nSPS) is 17.4. The highest BCUT2D eigenvalue weighted by Crippen LogP contribution is 2.23. The van der Waals surface area contributed by atoms with Crippen molar-refractivity contribution in [2.24, 2.45) is 0 Å². The summed E-state index contributed by atoms with van der Waals surface area (Å²) >= 11 is 0. The number of nitrogens with zero attached hydrogens (tertiary/aromatic N) is 3. The maximum atomic E-state index is 12.7. The molecule has 1 fully saturated rings. The molecule has 6 nitrogen and oxygen atoms in total. The molecule has 1 saturated heterocycles. The molecule has 1 aromatic heterocycles. The number of carbonyl (C=O) groups excluding carboxylic acids is 1. The molecule has 6 heteroatoms. The lowest BCUT2D eigenvalue weighted by atomic mass is 10.1. The van der Waals surface area contributed by atoms with Crippen LogP contribution in [0.3, 0.4) is 0 Å². The van der Waals surface area contributed by atoms with Crippen LogP contribution in [0.5, 0.6) is 5.75 Å². The van der Waals surface area contributed by atoms with Crippen molar-refractivity contribution in [3.8, 4) is 5.75 Å². The highest BCUT2D eigenvalue weighted by atomic mass is 16.5. The summed E-state index contributed by atoms with van der Waals surface area (Å²) in [6, 6.07) is 9.53. The van der Waals surface area contributed by atoms with Crippen molar-refractivity contribution in [2.75, 3.05) is 26.8 Å². The van der Waals surface area contributed by atoms with Crippen LogP contribution in [0, 0.1) is 13.8 Å². The predicted octanol–water partition coefficient (Wildman–Crippen LogP) is 2.24. The summed E-state index contributed by atoms with van der Waals surface area (Å²) in [4.78, 5) is 23.3. The number of benzene rings is 1. The SMILES string of the molecule is COc1ccccc1CC(=O)N1CCOC(c2cc(C)nc(C)n2)C1. The first kappa shape index (κ1) is 17.4. The van der Waals surface area contributed by atoms with Gasteiger partial charge in [-0.15, -0.1) is 0 Å². The topological polar surface area (TPSA) is 64.5 Å². The van der Waals surface area contributed by atoms with Crippen LogP contribution in [0.25, 0.3) is 0 Å². The Labute approximate surface area is 147 Å². The minimum Gasteiger partial charge on any atom is -0.496 e. The highest BCUT2D eigenvalue weighted by molar-refractivity contribution is 5.79. The number of morpholine rings is 1. The zero-order valence-electron chi connectivity index (χ0n) is 14.9. The van der Waals surface area contributed by atoms with Gasteiger partial charge >= 0.3 is 0 Å². The first-order valence-electron chi connectivity index (χ1n) is 8.40. The average Bonchev–Trinajstić information content (AvgIpc) is 2.61. The van der Waals surface area contributed by atoms with Gasteiger partial charge in [0.1, 0.15) is 17.7 Å². The number of aryl methyl sites for hydroxylation is 2. The Hall–Kier alpha value is -2.47. The van der Waals surface area contributed by atoms with E-state index in [2.05, 4.69) is 9.97 Å². The predicted molar refractivity (Wildman–Crippen MR) is 93.5 cm³/mol. The van der Waals surface area contributed by atoms with E-state index >= 15 is 0 Å². The Morgan fingerprint density at radius 2 is 2.12 bits per heavy atom. The largest absolute Gasteiger partial charge is 0.496 e. The van der Waals surface area contributed by atoms with Crippen molar-refractivity contribution in [1.82, 2.24) is 14.9 Å². The molecule has 3 rings (SSSR count). The Kier molecular flexibility index (Phi) is 5.28. The maximum Gasteiger partial charge on any atom is 0.227 e. The molecule has 132 valence electrons. The van der Waals surface area contributed by atoms with Gasteiger partial charge in [-0.3, -0.25) is 4.79 Å². The minimum absolute atomic E-state index is 0.0697. The number of aromatic nitrogens is 2. The van der Waals surface area contributed by atoms with Gasteiger partial charge in [-0.05, 0) is 26.0 Å². The van der Waals surface area contributed by atoms with Crippen molar-refractivity contribution in [1.29, 1.82) is 0 Å². The first-order valence-corrected chi connectivity index (χ1v) is 8.40. The number of hydrogen-bond donors (Lipinski definition) is 0. The second kappa shape index (κ2) is 7.61. The number of amides is 1. The molecule has 1 amide bonds. The van der Waals surface area contributed by atoms with Gasteiger partial charge in [0.05, 0.1) is 32.4 Å². The van der Waals surface area contributed by atoms with E-state index in [1.807, 2.05) is 49.1 Å². The van der Waals surface area contributed by atoms with E-state index in [0.717, 1.165) is 28.5 Å². The van der Waals surface area contributed by atoms with E-state index in [4.69, 9.17) is 9.47 Å². The molecule has 0 bridgehead atoms. The van der Waals surface area contributed by atoms with E-state index in [1.54, 1.807) is 7.11 Å². The van der Waals surface area contributed by atoms with Crippen LogP contribution < -0.4 is 4.74 Å². The summed E-state index contributed by atoms with van der Waals surface area (Å²) in [5, 5.41) is 0. The van der Waals surface area contributed by atoms with Crippen LogP contribution in [0.15, 0.2) is 30.3 Å². The molecule has 0 N–H and O–H groups in total. The Morgan fingerprint density at radius 1 is 1.32 bits per heavy atom. The average molecular weight is 341 g/mol. The summed E-state index contributed by atoms with van der Waals surface area (Å²) < 4.78 is 11.2. The number of rotatable bonds is 4. The van der Waals surface area contributed by atoms with Crippen LogP contribution in [-0.4, -0.2) is 47.6 Å². The highest BCUT2D eigenvalue weighted by Gasteiger charge is 2.27. The summed E-state index contributed by atoms with van der Waals surface area (Å²) in [7, 11) is 1.62. The lowest BCUT2D eigenvalue weighted by Gasteiger charge is -2.33. The molecule has 0 spiro atoms. The van der Waals surface area contributed by atoms with Gasteiger partial charge in [0.2, 0.25) is 5.91 Å². The third-order valence-electron chi connectivity index (χ3n) is 4.27. The molecule has 0 aliphatic carbocycles. The summed E-state index contributed by atoms with van der Waals surface area (Å²) in [5.74, 6) is 1.53. The Balaban J connectivity index is 1.71. The summed E-state index contributed by atoms with van der Waals surface area (Å²) in [6.07, 6.45) is 0.106. The van der Waals surface area contributed by atoms with Crippen molar-refractivity contribution in [3.05, 3.63) is 53.1 Å². The molecule has 2 heterocycles. The summed E-state index contributed by atoms with van der Waals surface area (Å²) in [5.41, 5.74) is 2.63. The standard InChI is InChI=1S/C19H23N3O3/c1-13-10-16(21-14(2)20-13)18-12-22(8-9-25-18)19(23)11-15-6-4-5-7-17(15)24-3/h4-7,10,18H,8-9,11-12H2,1-3H3. The molecule has 1 aliphatic rings.